The van der Waals surface area contributed by atoms with Crippen molar-refractivity contribution in [3.8, 4) is 0 Å². The lowest BCUT2D eigenvalue weighted by Crippen LogP contribution is -2.38. The fourth-order valence-electron chi connectivity index (χ4n) is 2.12. The van der Waals surface area contributed by atoms with Crippen LogP contribution in [0.3, 0.4) is 0 Å². The first-order chi connectivity index (χ1) is 11.4. The van der Waals surface area contributed by atoms with E-state index < -0.39 is 0 Å². The number of guanidine groups is 1. The number of thiazole rings is 1. The summed E-state index contributed by atoms with van der Waals surface area (Å²) in [7, 11) is 1.93. The Bertz CT molecular complexity index is 665. The Kier molecular flexibility index (Phi) is 6.36. The van der Waals surface area contributed by atoms with Gasteiger partial charge in [-0.3, -0.25) is 4.68 Å². The summed E-state index contributed by atoms with van der Waals surface area (Å²) in [6, 6.07) is 1.98. The average Bonchev–Trinajstić information content (AvgIpc) is 3.13. The summed E-state index contributed by atoms with van der Waals surface area (Å²) >= 11 is 1.73. The Balaban J connectivity index is 1.87. The number of nitrogens with one attached hydrogen (secondary N) is 2. The summed E-state index contributed by atoms with van der Waals surface area (Å²) in [6.45, 7) is 10.9. The van der Waals surface area contributed by atoms with Crippen molar-refractivity contribution in [2.24, 2.45) is 12.0 Å². The lowest BCUT2D eigenvalue weighted by molar-refractivity contribution is 0.570. The van der Waals surface area contributed by atoms with E-state index in [9.17, 15) is 0 Å². The van der Waals surface area contributed by atoms with Gasteiger partial charge in [-0.1, -0.05) is 20.8 Å². The zero-order valence-corrected chi connectivity index (χ0v) is 16.1. The Morgan fingerprint density at radius 1 is 1.33 bits per heavy atom. The molecule has 2 rings (SSSR count). The van der Waals surface area contributed by atoms with Gasteiger partial charge < -0.3 is 10.6 Å². The minimum absolute atomic E-state index is 0.113. The molecule has 0 saturated heterocycles. The molecule has 2 heterocycles. The highest BCUT2D eigenvalue weighted by Crippen LogP contribution is 2.23. The molecule has 0 fully saturated rings. The molecule has 6 nitrogen and oxygen atoms in total. The summed E-state index contributed by atoms with van der Waals surface area (Å²) < 4.78 is 1.84. The molecular formula is C17H28N6S. The van der Waals surface area contributed by atoms with Crippen LogP contribution in [0.25, 0.3) is 0 Å². The molecule has 0 saturated carbocycles. The molecule has 0 unspecified atom stereocenters. The van der Waals surface area contributed by atoms with Gasteiger partial charge in [0.1, 0.15) is 0 Å². The second-order valence-corrected chi connectivity index (χ2v) is 7.64. The highest BCUT2D eigenvalue weighted by atomic mass is 32.1. The van der Waals surface area contributed by atoms with Crippen LogP contribution in [0.1, 0.15) is 44.1 Å². The van der Waals surface area contributed by atoms with Crippen LogP contribution >= 0.6 is 11.3 Å². The summed E-state index contributed by atoms with van der Waals surface area (Å²) in [5.41, 5.74) is 2.36. The molecule has 0 aliphatic heterocycles. The van der Waals surface area contributed by atoms with E-state index in [2.05, 4.69) is 53.8 Å². The number of rotatable bonds is 6. The highest BCUT2D eigenvalue weighted by molar-refractivity contribution is 7.09. The number of hydrogen-bond acceptors (Lipinski definition) is 4. The van der Waals surface area contributed by atoms with Gasteiger partial charge in [0.2, 0.25) is 0 Å². The molecule has 0 spiro atoms. The van der Waals surface area contributed by atoms with Crippen LogP contribution < -0.4 is 10.6 Å². The Hall–Kier alpha value is -1.89. The van der Waals surface area contributed by atoms with Crippen molar-refractivity contribution < 1.29 is 0 Å². The van der Waals surface area contributed by atoms with E-state index in [0.717, 1.165) is 36.2 Å². The third-order valence-corrected chi connectivity index (χ3v) is 4.53. The maximum Gasteiger partial charge on any atom is 0.191 e. The normalized spacial score (nSPS) is 12.5. The topological polar surface area (TPSA) is 67.1 Å². The molecule has 0 aliphatic carbocycles. The minimum atomic E-state index is 0.113. The Morgan fingerprint density at radius 2 is 2.12 bits per heavy atom. The van der Waals surface area contributed by atoms with E-state index in [1.807, 2.05) is 17.8 Å². The molecule has 2 N–H and O–H groups in total. The molecule has 0 aromatic carbocycles. The van der Waals surface area contributed by atoms with Crippen molar-refractivity contribution in [1.82, 2.24) is 25.4 Å². The van der Waals surface area contributed by atoms with Gasteiger partial charge in [0.15, 0.2) is 5.96 Å². The molecule has 7 heteroatoms. The number of hydrogen-bond donors (Lipinski definition) is 2. The Morgan fingerprint density at radius 3 is 2.71 bits per heavy atom. The first-order valence-corrected chi connectivity index (χ1v) is 9.22. The number of aliphatic imine (C=N–C) groups is 1. The molecule has 2 aromatic rings. The van der Waals surface area contributed by atoms with Gasteiger partial charge in [0.25, 0.3) is 0 Å². The second-order valence-electron chi connectivity index (χ2n) is 6.69. The van der Waals surface area contributed by atoms with E-state index in [-0.39, 0.29) is 5.41 Å². The van der Waals surface area contributed by atoms with Crippen molar-refractivity contribution in [2.45, 2.75) is 46.1 Å². The number of aromatic nitrogens is 3. The molecule has 0 bridgehead atoms. The van der Waals surface area contributed by atoms with Gasteiger partial charge in [-0.2, -0.15) is 5.10 Å². The SMILES string of the molecule is CCNC(=NCc1ccnn1C)NCCc1nc(C(C)(C)C)cs1. The zero-order chi connectivity index (χ0) is 17.6. The van der Waals surface area contributed by atoms with Crippen LogP contribution in [0.4, 0.5) is 0 Å². The number of nitrogens with zero attached hydrogens (tertiary/aromatic N) is 4. The van der Waals surface area contributed by atoms with Gasteiger partial charge in [-0.15, -0.1) is 11.3 Å². The summed E-state index contributed by atoms with van der Waals surface area (Å²) in [4.78, 5) is 9.34. The van der Waals surface area contributed by atoms with Crippen molar-refractivity contribution in [1.29, 1.82) is 0 Å². The molecule has 132 valence electrons. The smallest absolute Gasteiger partial charge is 0.191 e. The van der Waals surface area contributed by atoms with Crippen molar-refractivity contribution in [3.05, 3.63) is 34.0 Å². The van der Waals surface area contributed by atoms with E-state index in [4.69, 9.17) is 4.98 Å². The molecule has 0 atom stereocenters. The fourth-order valence-corrected chi connectivity index (χ4v) is 3.14. The van der Waals surface area contributed by atoms with Crippen LogP contribution in [-0.4, -0.2) is 33.8 Å². The second kappa shape index (κ2) is 8.28. The van der Waals surface area contributed by atoms with Crippen molar-refractivity contribution in [3.63, 3.8) is 0 Å². The standard InChI is InChI=1S/C17H28N6S/c1-6-18-16(20-11-13-7-10-21-23(13)5)19-9-8-15-22-14(12-24-15)17(2,3)4/h7,10,12H,6,8-9,11H2,1-5H3,(H2,18,19,20). The van der Waals surface area contributed by atoms with Gasteiger partial charge in [0.05, 0.1) is 22.9 Å². The van der Waals surface area contributed by atoms with Crippen LogP contribution in [0, 0.1) is 0 Å². The van der Waals surface area contributed by atoms with Crippen LogP contribution in [0.2, 0.25) is 0 Å². The average molecular weight is 349 g/mol. The maximum atomic E-state index is 4.73. The molecule has 0 aliphatic rings. The molecule has 0 amide bonds. The van der Waals surface area contributed by atoms with E-state index >= 15 is 0 Å². The predicted octanol–water partition coefficient (Wildman–Crippen LogP) is 2.47. The van der Waals surface area contributed by atoms with Gasteiger partial charge >= 0.3 is 0 Å². The molecular weight excluding hydrogens is 320 g/mol. The summed E-state index contributed by atoms with van der Waals surface area (Å²) in [6.07, 6.45) is 2.69. The molecule has 24 heavy (non-hydrogen) atoms. The van der Waals surface area contributed by atoms with E-state index in [0.29, 0.717) is 6.54 Å². The first-order valence-electron chi connectivity index (χ1n) is 8.34. The third-order valence-electron chi connectivity index (χ3n) is 3.62. The largest absolute Gasteiger partial charge is 0.357 e. The first kappa shape index (κ1) is 18.4. The molecule has 0 radical (unpaired) electrons. The third kappa shape index (κ3) is 5.33. The lowest BCUT2D eigenvalue weighted by Gasteiger charge is -2.14. The fraction of sp³-hybridized carbons (Fsp3) is 0.588. The lowest BCUT2D eigenvalue weighted by atomic mass is 9.93. The van der Waals surface area contributed by atoms with E-state index in [1.165, 1.54) is 5.69 Å². The minimum Gasteiger partial charge on any atom is -0.357 e. The monoisotopic (exact) mass is 348 g/mol. The quantitative estimate of drug-likeness (QED) is 0.622. The van der Waals surface area contributed by atoms with Gasteiger partial charge in [-0.25, -0.2) is 9.98 Å². The zero-order valence-electron chi connectivity index (χ0n) is 15.3. The van der Waals surface area contributed by atoms with Crippen LogP contribution in [0.5, 0.6) is 0 Å². The van der Waals surface area contributed by atoms with Crippen molar-refractivity contribution >= 4 is 17.3 Å². The van der Waals surface area contributed by atoms with Gasteiger partial charge in [-0.05, 0) is 13.0 Å². The highest BCUT2D eigenvalue weighted by Gasteiger charge is 2.17. The summed E-state index contributed by atoms with van der Waals surface area (Å²) in [5, 5.41) is 14.1. The number of aryl methyl sites for hydroxylation is 1. The van der Waals surface area contributed by atoms with Crippen molar-refractivity contribution in [2.75, 3.05) is 13.1 Å². The predicted molar refractivity (Wildman–Crippen MR) is 101 cm³/mol. The van der Waals surface area contributed by atoms with Crippen LogP contribution in [-0.2, 0) is 25.4 Å². The van der Waals surface area contributed by atoms with Crippen LogP contribution in [0.15, 0.2) is 22.6 Å². The summed E-state index contributed by atoms with van der Waals surface area (Å²) in [5.74, 6) is 0.825. The van der Waals surface area contributed by atoms with E-state index in [1.54, 1.807) is 17.5 Å². The molecule has 2 aromatic heterocycles. The maximum absolute atomic E-state index is 4.73. The Labute approximate surface area is 148 Å². The van der Waals surface area contributed by atoms with Gasteiger partial charge in [0, 0.05) is 43.5 Å².